The molecule has 0 fully saturated rings. The first-order chi connectivity index (χ1) is 8.20. The molecule has 1 rings (SSSR count). The van der Waals surface area contributed by atoms with Crippen molar-refractivity contribution < 1.29 is 9.32 Å². The van der Waals surface area contributed by atoms with E-state index < -0.39 is 16.9 Å². The Morgan fingerprint density at radius 1 is 1.22 bits per heavy atom. The highest BCUT2D eigenvalue weighted by Gasteiger charge is 2.28. The fourth-order valence-electron chi connectivity index (χ4n) is 1.88. The molecule has 0 saturated heterocycles. The van der Waals surface area contributed by atoms with Gasteiger partial charge in [0.15, 0.2) is 0 Å². The van der Waals surface area contributed by atoms with Gasteiger partial charge in [0, 0.05) is 4.90 Å². The maximum Gasteiger partial charge on any atom is 0.0659 e. The summed E-state index contributed by atoms with van der Waals surface area (Å²) in [5.74, 6) is 0. The molecule has 0 aliphatic heterocycles. The molecule has 3 heteroatoms. The first kappa shape index (κ1) is 15.4. The van der Waals surface area contributed by atoms with Crippen molar-refractivity contribution in [2.45, 2.75) is 57.3 Å². The Hall–Kier alpha value is -0.670. The SMILES string of the molecule is Cc1ccc([S@](=O)[C@H](CC(C)(C)C)[C@H](C)O)cc1. The van der Waals surface area contributed by atoms with Crippen molar-refractivity contribution in [1.82, 2.24) is 0 Å². The van der Waals surface area contributed by atoms with Gasteiger partial charge in [-0.15, -0.1) is 0 Å². The zero-order valence-electron chi connectivity index (χ0n) is 11.9. The molecule has 0 saturated carbocycles. The van der Waals surface area contributed by atoms with E-state index in [1.54, 1.807) is 6.92 Å². The van der Waals surface area contributed by atoms with Gasteiger partial charge in [-0.1, -0.05) is 38.5 Å². The smallest absolute Gasteiger partial charge is 0.0659 e. The minimum absolute atomic E-state index is 0.0576. The van der Waals surface area contributed by atoms with Crippen molar-refractivity contribution in [2.24, 2.45) is 5.41 Å². The van der Waals surface area contributed by atoms with Gasteiger partial charge in [-0.05, 0) is 37.8 Å². The van der Waals surface area contributed by atoms with Crippen LogP contribution in [0.15, 0.2) is 29.2 Å². The second-order valence-corrected chi connectivity index (χ2v) is 7.83. The summed E-state index contributed by atoms with van der Waals surface area (Å²) in [5, 5.41) is 9.65. The fourth-order valence-corrected chi connectivity index (χ4v) is 3.64. The van der Waals surface area contributed by atoms with Crippen LogP contribution in [0, 0.1) is 12.3 Å². The predicted molar refractivity (Wildman–Crippen MR) is 77.1 cm³/mol. The lowest BCUT2D eigenvalue weighted by Gasteiger charge is -2.27. The molecule has 1 aromatic rings. The molecule has 0 radical (unpaired) electrons. The maximum atomic E-state index is 12.5. The summed E-state index contributed by atoms with van der Waals surface area (Å²) in [6.45, 7) is 10.1. The zero-order chi connectivity index (χ0) is 13.9. The number of aryl methyl sites for hydroxylation is 1. The molecule has 0 unspecified atom stereocenters. The van der Waals surface area contributed by atoms with Gasteiger partial charge in [-0.25, -0.2) is 0 Å². The molecule has 0 aliphatic rings. The van der Waals surface area contributed by atoms with Gasteiger partial charge in [0.2, 0.25) is 0 Å². The average Bonchev–Trinajstić information content (AvgIpc) is 2.24. The van der Waals surface area contributed by atoms with Crippen LogP contribution in [0.1, 0.15) is 39.7 Å². The van der Waals surface area contributed by atoms with Crippen LogP contribution in [0.3, 0.4) is 0 Å². The summed E-state index contributed by atoms with van der Waals surface area (Å²) < 4.78 is 12.5. The highest BCUT2D eigenvalue weighted by atomic mass is 32.2. The van der Waals surface area contributed by atoms with Gasteiger partial charge in [-0.2, -0.15) is 0 Å². The quantitative estimate of drug-likeness (QED) is 0.910. The molecule has 2 nitrogen and oxygen atoms in total. The third-order valence-corrected chi connectivity index (χ3v) is 4.73. The standard InChI is InChI=1S/C15H24O2S/c1-11-6-8-13(9-7-11)18(17)14(12(2)16)10-15(3,4)5/h6-9,12,14,16H,10H2,1-5H3/t12-,14+,18-/m0/s1. The Morgan fingerprint density at radius 2 is 1.72 bits per heavy atom. The summed E-state index contributed by atoms with van der Waals surface area (Å²) in [4.78, 5) is 0.802. The normalized spacial score (nSPS) is 17.2. The summed E-state index contributed by atoms with van der Waals surface area (Å²) in [7, 11) is -1.16. The average molecular weight is 268 g/mol. The number of aliphatic hydroxyl groups excluding tert-OH is 1. The minimum atomic E-state index is -1.16. The lowest BCUT2D eigenvalue weighted by molar-refractivity contribution is 0.168. The molecule has 0 amide bonds. The van der Waals surface area contributed by atoms with E-state index in [0.717, 1.165) is 16.9 Å². The predicted octanol–water partition coefficient (Wildman–Crippen LogP) is 3.29. The minimum Gasteiger partial charge on any atom is -0.392 e. The van der Waals surface area contributed by atoms with E-state index in [-0.39, 0.29) is 10.7 Å². The zero-order valence-corrected chi connectivity index (χ0v) is 12.8. The van der Waals surface area contributed by atoms with E-state index in [1.165, 1.54) is 0 Å². The van der Waals surface area contributed by atoms with Gasteiger partial charge < -0.3 is 5.11 Å². The van der Waals surface area contributed by atoms with E-state index in [0.29, 0.717) is 0 Å². The van der Waals surface area contributed by atoms with Gasteiger partial charge in [0.05, 0.1) is 22.2 Å². The van der Waals surface area contributed by atoms with E-state index >= 15 is 0 Å². The molecule has 0 bridgehead atoms. The number of hydrogen-bond acceptors (Lipinski definition) is 2. The highest BCUT2D eigenvalue weighted by Crippen LogP contribution is 2.27. The monoisotopic (exact) mass is 268 g/mol. The summed E-state index contributed by atoms with van der Waals surface area (Å²) in [5.41, 5.74) is 1.21. The molecule has 0 aromatic heterocycles. The Labute approximate surface area is 113 Å². The van der Waals surface area contributed by atoms with Gasteiger partial charge in [0.25, 0.3) is 0 Å². The molecule has 18 heavy (non-hydrogen) atoms. The van der Waals surface area contributed by atoms with Crippen molar-refractivity contribution in [3.8, 4) is 0 Å². The summed E-state index contributed by atoms with van der Waals surface area (Å²) in [6.07, 6.45) is 0.178. The molecule has 0 heterocycles. The first-order valence-corrected chi connectivity index (χ1v) is 7.57. The van der Waals surface area contributed by atoms with Gasteiger partial charge >= 0.3 is 0 Å². The molecule has 1 aromatic carbocycles. The van der Waals surface area contributed by atoms with Crippen LogP contribution in [0.5, 0.6) is 0 Å². The van der Waals surface area contributed by atoms with Gasteiger partial charge in [0.1, 0.15) is 0 Å². The molecule has 0 aliphatic carbocycles. The number of hydrogen-bond donors (Lipinski definition) is 1. The third kappa shape index (κ3) is 4.54. The Kier molecular flexibility index (Phi) is 5.11. The number of rotatable bonds is 4. The highest BCUT2D eigenvalue weighted by molar-refractivity contribution is 7.85. The second-order valence-electron chi connectivity index (χ2n) is 6.15. The van der Waals surface area contributed by atoms with Crippen molar-refractivity contribution in [2.75, 3.05) is 0 Å². The van der Waals surface area contributed by atoms with Crippen molar-refractivity contribution in [1.29, 1.82) is 0 Å². The van der Waals surface area contributed by atoms with Crippen LogP contribution in [-0.4, -0.2) is 20.7 Å². The third-order valence-electron chi connectivity index (χ3n) is 2.88. The Morgan fingerprint density at radius 3 is 2.11 bits per heavy atom. The van der Waals surface area contributed by atoms with E-state index in [1.807, 2.05) is 31.2 Å². The summed E-state index contributed by atoms with van der Waals surface area (Å²) >= 11 is 0. The first-order valence-electron chi connectivity index (χ1n) is 6.36. The molecule has 102 valence electrons. The van der Waals surface area contributed by atoms with Crippen LogP contribution in [-0.2, 0) is 10.8 Å². The van der Waals surface area contributed by atoms with E-state index in [4.69, 9.17) is 0 Å². The van der Waals surface area contributed by atoms with E-state index in [2.05, 4.69) is 20.8 Å². The van der Waals surface area contributed by atoms with E-state index in [9.17, 15) is 9.32 Å². The molecule has 3 atom stereocenters. The topological polar surface area (TPSA) is 37.3 Å². The lowest BCUT2D eigenvalue weighted by Crippen LogP contribution is -2.32. The molecule has 0 spiro atoms. The summed E-state index contributed by atoms with van der Waals surface area (Å²) in [6, 6.07) is 7.71. The van der Waals surface area contributed by atoms with Crippen LogP contribution in [0.2, 0.25) is 0 Å². The molecular formula is C15H24O2S. The van der Waals surface area contributed by atoms with Crippen molar-refractivity contribution in [3.63, 3.8) is 0 Å². The van der Waals surface area contributed by atoms with Crippen molar-refractivity contribution >= 4 is 10.8 Å². The fraction of sp³-hybridized carbons (Fsp3) is 0.600. The Balaban J connectivity index is 2.93. The molecular weight excluding hydrogens is 244 g/mol. The number of benzene rings is 1. The van der Waals surface area contributed by atoms with Crippen LogP contribution >= 0.6 is 0 Å². The van der Waals surface area contributed by atoms with Crippen LogP contribution < -0.4 is 0 Å². The largest absolute Gasteiger partial charge is 0.392 e. The van der Waals surface area contributed by atoms with Crippen LogP contribution in [0.25, 0.3) is 0 Å². The van der Waals surface area contributed by atoms with Gasteiger partial charge in [-0.3, -0.25) is 4.21 Å². The van der Waals surface area contributed by atoms with Crippen LogP contribution in [0.4, 0.5) is 0 Å². The second kappa shape index (κ2) is 5.98. The maximum absolute atomic E-state index is 12.5. The lowest BCUT2D eigenvalue weighted by atomic mass is 9.89. The number of aliphatic hydroxyl groups is 1. The molecule has 1 N–H and O–H groups in total. The Bertz CT molecular complexity index is 401. The van der Waals surface area contributed by atoms with Crippen molar-refractivity contribution in [3.05, 3.63) is 29.8 Å².